The van der Waals surface area contributed by atoms with Gasteiger partial charge in [-0.3, -0.25) is 0 Å². The fourth-order valence-corrected chi connectivity index (χ4v) is 0.738. The summed E-state index contributed by atoms with van der Waals surface area (Å²) in [6.45, 7) is 0. The second-order valence-electron chi connectivity index (χ2n) is 1.03. The van der Waals surface area contributed by atoms with E-state index in [0.717, 1.165) is 8.96 Å². The zero-order valence-electron chi connectivity index (χ0n) is 2.91. The third-order valence-corrected chi connectivity index (χ3v) is 2.52. The van der Waals surface area contributed by atoms with Crippen LogP contribution in [0.5, 0.6) is 0 Å². The summed E-state index contributed by atoms with van der Waals surface area (Å²) in [5.74, 6) is 0. The van der Waals surface area contributed by atoms with Crippen molar-refractivity contribution in [2.24, 2.45) is 0 Å². The van der Waals surface area contributed by atoms with E-state index >= 15 is 0 Å². The van der Waals surface area contributed by atoms with Crippen molar-refractivity contribution >= 4 is 31.9 Å². The Balaban J connectivity index is 2.63. The Kier molecular flexibility index (Phi) is 1.15. The molecule has 6 heavy (non-hydrogen) atoms. The Morgan fingerprint density at radius 1 is 1.00 bits per heavy atom. The predicted molar refractivity (Wildman–Crippen MR) is 34.0 cm³/mol. The highest BCUT2D eigenvalue weighted by Crippen LogP contribution is 2.29. The smallest absolute Gasteiger partial charge is 0.0317 e. The highest BCUT2D eigenvalue weighted by Gasteiger charge is 2.00. The van der Waals surface area contributed by atoms with Crippen LogP contribution in [-0.4, -0.2) is 0 Å². The molecule has 0 saturated carbocycles. The van der Waals surface area contributed by atoms with Crippen LogP contribution >= 0.6 is 31.9 Å². The van der Waals surface area contributed by atoms with Crippen molar-refractivity contribution in [3.8, 4) is 0 Å². The lowest BCUT2D eigenvalue weighted by molar-refractivity contribution is 1.73. The molecule has 0 aromatic heterocycles. The second-order valence-corrected chi connectivity index (χ2v) is 2.74. The molecule has 0 fully saturated rings. The summed E-state index contributed by atoms with van der Waals surface area (Å²) >= 11 is 6.54. The lowest BCUT2D eigenvalue weighted by atomic mass is 10.3. The van der Waals surface area contributed by atoms with Crippen LogP contribution in [-0.2, 0) is 0 Å². The highest BCUT2D eigenvalue weighted by molar-refractivity contribution is 9.15. The van der Waals surface area contributed by atoms with E-state index in [9.17, 15) is 0 Å². The summed E-state index contributed by atoms with van der Waals surface area (Å²) in [6, 6.07) is 0. The van der Waals surface area contributed by atoms with Crippen LogP contribution in [0.1, 0.15) is 0 Å². The van der Waals surface area contributed by atoms with Crippen molar-refractivity contribution in [3.05, 3.63) is 21.1 Å². The molecule has 0 heterocycles. The topological polar surface area (TPSA) is 0 Å². The zero-order valence-corrected chi connectivity index (χ0v) is 6.08. The molecule has 0 amide bonds. The largest absolute Gasteiger partial charge is 0.0496 e. The van der Waals surface area contributed by atoms with Crippen molar-refractivity contribution in [3.63, 3.8) is 0 Å². The Hall–Kier alpha value is 0.440. The van der Waals surface area contributed by atoms with Crippen molar-refractivity contribution in [2.45, 2.75) is 0 Å². The van der Waals surface area contributed by atoms with Gasteiger partial charge in [0.2, 0.25) is 0 Å². The van der Waals surface area contributed by atoms with Crippen LogP contribution in [0.4, 0.5) is 0 Å². The molecule has 0 aromatic rings. The third-order valence-electron chi connectivity index (χ3n) is 0.604. The first kappa shape index (κ1) is 4.60. The number of hydrogen-bond donors (Lipinski definition) is 0. The van der Waals surface area contributed by atoms with Crippen molar-refractivity contribution in [1.82, 2.24) is 0 Å². The van der Waals surface area contributed by atoms with E-state index in [4.69, 9.17) is 0 Å². The summed E-state index contributed by atoms with van der Waals surface area (Å²) in [7, 11) is 0. The molecule has 1 aliphatic carbocycles. The summed E-state index contributed by atoms with van der Waals surface area (Å²) < 4.78 is 2.31. The van der Waals surface area contributed by atoms with Gasteiger partial charge in [0.25, 0.3) is 0 Å². The molecular weight excluding hydrogens is 208 g/mol. The van der Waals surface area contributed by atoms with Gasteiger partial charge >= 0.3 is 0 Å². The van der Waals surface area contributed by atoms with Gasteiger partial charge in [-0.15, -0.1) is 0 Å². The van der Waals surface area contributed by atoms with E-state index in [0.29, 0.717) is 0 Å². The van der Waals surface area contributed by atoms with Gasteiger partial charge in [-0.25, -0.2) is 0 Å². The molecule has 1 rings (SSSR count). The van der Waals surface area contributed by atoms with Crippen LogP contribution < -0.4 is 0 Å². The minimum Gasteiger partial charge on any atom is -0.0496 e. The molecule has 0 spiro atoms. The molecule has 0 radical (unpaired) electrons. The fourth-order valence-electron chi connectivity index (χ4n) is 0.209. The van der Waals surface area contributed by atoms with E-state index in [2.05, 4.69) is 31.9 Å². The summed E-state index contributed by atoms with van der Waals surface area (Å²) in [6.07, 6.45) is 3.98. The first-order valence-electron chi connectivity index (χ1n) is 1.54. The minimum atomic E-state index is 1.16. The SMILES string of the molecule is BrC1=CC=C1Br. The molecule has 0 aliphatic heterocycles. The molecule has 0 aromatic carbocycles. The molecule has 0 bridgehead atoms. The Morgan fingerprint density at radius 3 is 1.33 bits per heavy atom. The molecule has 0 nitrogen and oxygen atoms in total. The molecule has 2 heteroatoms. The minimum absolute atomic E-state index is 1.16. The Labute approximate surface area is 53.2 Å². The van der Waals surface area contributed by atoms with Gasteiger partial charge in [-0.05, 0) is 44.0 Å². The van der Waals surface area contributed by atoms with Crippen molar-refractivity contribution in [2.75, 3.05) is 0 Å². The van der Waals surface area contributed by atoms with Gasteiger partial charge in [-0.1, -0.05) is 0 Å². The second kappa shape index (κ2) is 1.51. The lowest BCUT2D eigenvalue weighted by Gasteiger charge is -2.00. The molecule has 0 atom stereocenters. The number of allylic oxidation sites excluding steroid dienone is 4. The van der Waals surface area contributed by atoms with E-state index in [1.807, 2.05) is 12.2 Å². The number of rotatable bonds is 0. The van der Waals surface area contributed by atoms with E-state index in [1.165, 1.54) is 0 Å². The Bertz CT molecular complexity index is 106. The first-order chi connectivity index (χ1) is 2.80. The van der Waals surface area contributed by atoms with Crippen LogP contribution in [0.2, 0.25) is 0 Å². The van der Waals surface area contributed by atoms with Crippen LogP contribution in [0.3, 0.4) is 0 Å². The van der Waals surface area contributed by atoms with Crippen LogP contribution in [0.25, 0.3) is 0 Å². The van der Waals surface area contributed by atoms with E-state index in [-0.39, 0.29) is 0 Å². The van der Waals surface area contributed by atoms with Gasteiger partial charge in [0.05, 0.1) is 0 Å². The normalized spacial score (nSPS) is 18.3. The average molecular weight is 210 g/mol. The number of halogens is 2. The monoisotopic (exact) mass is 208 g/mol. The third kappa shape index (κ3) is 0.590. The van der Waals surface area contributed by atoms with Gasteiger partial charge < -0.3 is 0 Å². The average Bonchev–Trinajstić information content (AvgIpc) is 1.61. The summed E-state index contributed by atoms with van der Waals surface area (Å²) in [4.78, 5) is 0. The standard InChI is InChI=1S/C4H2Br2/c5-3-1-2-4(3)6/h1-2H. The van der Waals surface area contributed by atoms with Crippen LogP contribution in [0.15, 0.2) is 21.1 Å². The summed E-state index contributed by atoms with van der Waals surface area (Å²) in [5.41, 5.74) is 0. The quantitative estimate of drug-likeness (QED) is 0.576. The van der Waals surface area contributed by atoms with Gasteiger partial charge in [0.15, 0.2) is 0 Å². The van der Waals surface area contributed by atoms with E-state index in [1.54, 1.807) is 0 Å². The van der Waals surface area contributed by atoms with Crippen molar-refractivity contribution in [1.29, 1.82) is 0 Å². The molecule has 0 N–H and O–H groups in total. The lowest BCUT2D eigenvalue weighted by Crippen LogP contribution is -1.77. The van der Waals surface area contributed by atoms with Crippen molar-refractivity contribution < 1.29 is 0 Å². The molecule has 1 aliphatic rings. The maximum Gasteiger partial charge on any atom is 0.0317 e. The fraction of sp³-hybridized carbons (Fsp3) is 0. The molecule has 0 unspecified atom stereocenters. The number of hydrogen-bond acceptors (Lipinski definition) is 0. The first-order valence-corrected chi connectivity index (χ1v) is 3.12. The van der Waals surface area contributed by atoms with Gasteiger partial charge in [-0.2, -0.15) is 0 Å². The van der Waals surface area contributed by atoms with Crippen LogP contribution in [0, 0.1) is 0 Å². The van der Waals surface area contributed by atoms with E-state index < -0.39 is 0 Å². The maximum atomic E-state index is 3.27. The molecular formula is C4H2Br2. The molecule has 32 valence electrons. The van der Waals surface area contributed by atoms with Gasteiger partial charge in [0.1, 0.15) is 0 Å². The maximum absolute atomic E-state index is 3.27. The molecule has 0 saturated heterocycles. The zero-order chi connectivity index (χ0) is 4.57. The predicted octanol–water partition coefficient (Wildman–Crippen LogP) is 2.56. The Morgan fingerprint density at radius 2 is 1.33 bits per heavy atom. The summed E-state index contributed by atoms with van der Waals surface area (Å²) in [5, 5.41) is 0. The van der Waals surface area contributed by atoms with Gasteiger partial charge in [0, 0.05) is 8.96 Å². The highest BCUT2D eigenvalue weighted by atomic mass is 79.9.